The summed E-state index contributed by atoms with van der Waals surface area (Å²) in [5, 5.41) is 3.33. The SMILES string of the molecule is CCOc1cc(C(=O)NCC23C[C@@H]4C[C@@H](C2)CC(c2ccc(C)cc2)(C4)C3)cc(OCC)c1OCC. The van der Waals surface area contributed by atoms with Gasteiger partial charge in [-0.3, -0.25) is 4.79 Å². The molecule has 6 rings (SSSR count). The standard InChI is InChI=1S/C31H41NO4/c1-5-34-26-13-24(14-27(35-6-2)28(26)36-7-3)29(33)32-20-30-15-22-12-23(16-30)18-31(17-22,19-30)25-10-8-21(4)9-11-25/h8-11,13-14,22-23H,5-7,12,15-20H2,1-4H3,(H,32,33)/t22-,23-,30?,31?/m0/s1. The second kappa shape index (κ2) is 9.99. The molecular weight excluding hydrogens is 450 g/mol. The van der Waals surface area contributed by atoms with Crippen molar-refractivity contribution in [2.75, 3.05) is 26.4 Å². The Morgan fingerprint density at radius 2 is 1.47 bits per heavy atom. The maximum Gasteiger partial charge on any atom is 0.251 e. The van der Waals surface area contributed by atoms with Crippen molar-refractivity contribution in [3.05, 3.63) is 53.1 Å². The van der Waals surface area contributed by atoms with Gasteiger partial charge in [-0.25, -0.2) is 0 Å². The molecule has 1 N–H and O–H groups in total. The number of hydrogen-bond acceptors (Lipinski definition) is 4. The smallest absolute Gasteiger partial charge is 0.251 e. The second-order valence-electron chi connectivity index (χ2n) is 11.4. The Kier molecular flexibility index (Phi) is 6.93. The summed E-state index contributed by atoms with van der Waals surface area (Å²) in [4.78, 5) is 13.4. The van der Waals surface area contributed by atoms with Gasteiger partial charge in [-0.15, -0.1) is 0 Å². The highest BCUT2D eigenvalue weighted by molar-refractivity contribution is 5.95. The Morgan fingerprint density at radius 3 is 2.03 bits per heavy atom. The van der Waals surface area contributed by atoms with Crippen LogP contribution in [0.25, 0.3) is 0 Å². The zero-order chi connectivity index (χ0) is 25.3. The van der Waals surface area contributed by atoms with Crippen LogP contribution in [0.3, 0.4) is 0 Å². The van der Waals surface area contributed by atoms with Crippen LogP contribution >= 0.6 is 0 Å². The molecule has 4 aliphatic rings. The molecule has 5 heteroatoms. The molecule has 5 nitrogen and oxygen atoms in total. The first-order chi connectivity index (χ1) is 17.4. The van der Waals surface area contributed by atoms with Crippen LogP contribution in [0.15, 0.2) is 36.4 Å². The molecule has 2 atom stereocenters. The molecule has 4 aliphatic carbocycles. The number of nitrogens with one attached hydrogen (secondary N) is 1. The third-order valence-corrected chi connectivity index (χ3v) is 8.64. The van der Waals surface area contributed by atoms with Gasteiger partial charge >= 0.3 is 0 Å². The number of carbonyl (C=O) groups is 1. The maximum atomic E-state index is 13.4. The number of aryl methyl sites for hydroxylation is 1. The summed E-state index contributed by atoms with van der Waals surface area (Å²) < 4.78 is 17.5. The van der Waals surface area contributed by atoms with E-state index in [2.05, 4.69) is 36.5 Å². The molecule has 0 radical (unpaired) electrons. The molecule has 194 valence electrons. The predicted molar refractivity (Wildman–Crippen MR) is 142 cm³/mol. The van der Waals surface area contributed by atoms with Crippen molar-refractivity contribution < 1.29 is 19.0 Å². The first-order valence-electron chi connectivity index (χ1n) is 13.8. The summed E-state index contributed by atoms with van der Waals surface area (Å²) in [6, 6.07) is 12.8. The molecule has 0 heterocycles. The Labute approximate surface area is 215 Å². The van der Waals surface area contributed by atoms with Gasteiger partial charge in [0.1, 0.15) is 0 Å². The molecule has 4 fully saturated rings. The fraction of sp³-hybridized carbons (Fsp3) is 0.581. The molecule has 0 saturated heterocycles. The summed E-state index contributed by atoms with van der Waals surface area (Å²) in [5.41, 5.74) is 3.84. The number of rotatable bonds is 10. The van der Waals surface area contributed by atoms with E-state index in [1.807, 2.05) is 20.8 Å². The Hall–Kier alpha value is -2.69. The topological polar surface area (TPSA) is 56.8 Å². The molecule has 2 aromatic rings. The first-order valence-corrected chi connectivity index (χ1v) is 13.8. The average molecular weight is 492 g/mol. The lowest BCUT2D eigenvalue weighted by Gasteiger charge is -2.62. The molecule has 0 aliphatic heterocycles. The van der Waals surface area contributed by atoms with Crippen LogP contribution in [-0.4, -0.2) is 32.3 Å². The van der Waals surface area contributed by atoms with Gasteiger partial charge in [0, 0.05) is 12.1 Å². The van der Waals surface area contributed by atoms with Crippen molar-refractivity contribution in [3.8, 4) is 17.2 Å². The first kappa shape index (κ1) is 25.0. The van der Waals surface area contributed by atoms with Crippen LogP contribution in [0.4, 0.5) is 0 Å². The zero-order valence-electron chi connectivity index (χ0n) is 22.3. The third-order valence-electron chi connectivity index (χ3n) is 8.64. The van der Waals surface area contributed by atoms with Gasteiger partial charge in [-0.05, 0) is 107 Å². The van der Waals surface area contributed by atoms with Crippen LogP contribution in [0.2, 0.25) is 0 Å². The average Bonchev–Trinajstić information content (AvgIpc) is 2.84. The van der Waals surface area contributed by atoms with E-state index in [1.165, 1.54) is 49.7 Å². The minimum Gasteiger partial charge on any atom is -0.490 e. The second-order valence-corrected chi connectivity index (χ2v) is 11.4. The highest BCUT2D eigenvalue weighted by Crippen LogP contribution is 2.65. The highest BCUT2D eigenvalue weighted by Gasteiger charge is 2.58. The van der Waals surface area contributed by atoms with Crippen LogP contribution in [0.5, 0.6) is 17.2 Å². The van der Waals surface area contributed by atoms with Crippen molar-refractivity contribution in [1.29, 1.82) is 0 Å². The van der Waals surface area contributed by atoms with Crippen molar-refractivity contribution in [2.24, 2.45) is 17.3 Å². The molecule has 36 heavy (non-hydrogen) atoms. The van der Waals surface area contributed by atoms with E-state index < -0.39 is 0 Å². The highest BCUT2D eigenvalue weighted by atomic mass is 16.5. The van der Waals surface area contributed by atoms with Crippen molar-refractivity contribution in [3.63, 3.8) is 0 Å². The Bertz CT molecular complexity index is 1050. The summed E-state index contributed by atoms with van der Waals surface area (Å²) in [6.07, 6.45) is 7.60. The Balaban J connectivity index is 1.36. The van der Waals surface area contributed by atoms with E-state index in [4.69, 9.17) is 14.2 Å². The Morgan fingerprint density at radius 1 is 0.889 bits per heavy atom. The maximum absolute atomic E-state index is 13.4. The number of ether oxygens (including phenoxy) is 3. The van der Waals surface area contributed by atoms with Gasteiger partial charge < -0.3 is 19.5 Å². The van der Waals surface area contributed by atoms with Crippen LogP contribution in [-0.2, 0) is 5.41 Å². The number of carbonyl (C=O) groups excluding carboxylic acids is 1. The van der Waals surface area contributed by atoms with E-state index in [0.29, 0.717) is 42.6 Å². The lowest BCUT2D eigenvalue weighted by Crippen LogP contribution is -2.57. The minimum atomic E-state index is -0.0694. The summed E-state index contributed by atoms with van der Waals surface area (Å²) >= 11 is 0. The number of hydrogen-bond donors (Lipinski definition) is 1. The molecular formula is C31H41NO4. The van der Waals surface area contributed by atoms with Crippen molar-refractivity contribution >= 4 is 5.91 Å². The fourth-order valence-electron chi connectivity index (χ4n) is 7.79. The van der Waals surface area contributed by atoms with Crippen molar-refractivity contribution in [1.82, 2.24) is 5.32 Å². The van der Waals surface area contributed by atoms with Gasteiger partial charge in [0.05, 0.1) is 19.8 Å². The van der Waals surface area contributed by atoms with E-state index in [9.17, 15) is 4.79 Å². The van der Waals surface area contributed by atoms with E-state index >= 15 is 0 Å². The lowest BCUT2D eigenvalue weighted by atomic mass is 9.43. The van der Waals surface area contributed by atoms with Crippen molar-refractivity contribution in [2.45, 2.75) is 71.6 Å². The summed E-state index contributed by atoms with van der Waals surface area (Å²) in [7, 11) is 0. The van der Waals surface area contributed by atoms with E-state index in [0.717, 1.165) is 18.4 Å². The number of amides is 1. The fourth-order valence-corrected chi connectivity index (χ4v) is 7.79. The van der Waals surface area contributed by atoms with Crippen LogP contribution in [0, 0.1) is 24.2 Å². The summed E-state index contributed by atoms with van der Waals surface area (Å²) in [6.45, 7) is 10.2. The number of benzene rings is 2. The molecule has 4 saturated carbocycles. The van der Waals surface area contributed by atoms with Crippen LogP contribution < -0.4 is 19.5 Å². The largest absolute Gasteiger partial charge is 0.490 e. The predicted octanol–water partition coefficient (Wildman–Crippen LogP) is 6.46. The molecule has 2 aromatic carbocycles. The van der Waals surface area contributed by atoms with Gasteiger partial charge in [0.15, 0.2) is 11.5 Å². The molecule has 0 spiro atoms. The van der Waals surface area contributed by atoms with Gasteiger partial charge in [0.25, 0.3) is 5.91 Å². The molecule has 0 aromatic heterocycles. The summed E-state index contributed by atoms with van der Waals surface area (Å²) in [5.74, 6) is 3.15. The monoisotopic (exact) mass is 491 g/mol. The molecule has 1 amide bonds. The lowest BCUT2D eigenvalue weighted by molar-refractivity contribution is -0.0697. The van der Waals surface area contributed by atoms with Gasteiger partial charge in [-0.2, -0.15) is 0 Å². The quantitative estimate of drug-likeness (QED) is 0.414. The minimum absolute atomic E-state index is 0.0694. The molecule has 0 unspecified atom stereocenters. The normalized spacial score (nSPS) is 28.1. The third kappa shape index (κ3) is 4.69. The molecule has 4 bridgehead atoms. The van der Waals surface area contributed by atoms with Crippen LogP contribution in [0.1, 0.15) is 80.8 Å². The van der Waals surface area contributed by atoms with Gasteiger partial charge in [0.2, 0.25) is 5.75 Å². The van der Waals surface area contributed by atoms with E-state index in [-0.39, 0.29) is 16.7 Å². The zero-order valence-corrected chi connectivity index (χ0v) is 22.3. The van der Waals surface area contributed by atoms with E-state index in [1.54, 1.807) is 12.1 Å². The van der Waals surface area contributed by atoms with Gasteiger partial charge in [-0.1, -0.05) is 29.8 Å².